The standard InChI is InChI=1S/C27H25FN4O/c1-18(2)32(21-9-5-4-6-10-21)26(33)23-17-29-27(30-20-15-13-19(3)14-16-20)31-25(23)22-11-7-8-12-24(22)28/h4-18H,1-3H3,(H,29,30,31). The highest BCUT2D eigenvalue weighted by atomic mass is 19.1. The van der Waals surface area contributed by atoms with Gasteiger partial charge in [-0.1, -0.05) is 48.0 Å². The quantitative estimate of drug-likeness (QED) is 0.377. The third-order valence-corrected chi connectivity index (χ3v) is 5.23. The number of hydrogen-bond donors (Lipinski definition) is 1. The second-order valence-electron chi connectivity index (χ2n) is 8.03. The number of anilines is 3. The molecule has 0 atom stereocenters. The molecule has 0 aliphatic heterocycles. The number of para-hydroxylation sites is 1. The number of aromatic nitrogens is 2. The van der Waals surface area contributed by atoms with Gasteiger partial charge in [-0.05, 0) is 57.2 Å². The Labute approximate surface area is 193 Å². The molecule has 1 heterocycles. The van der Waals surface area contributed by atoms with Crippen LogP contribution in [0, 0.1) is 12.7 Å². The first-order valence-corrected chi connectivity index (χ1v) is 10.8. The largest absolute Gasteiger partial charge is 0.324 e. The molecular weight excluding hydrogens is 415 g/mol. The summed E-state index contributed by atoms with van der Waals surface area (Å²) in [5, 5.41) is 3.14. The Hall–Kier alpha value is -4.06. The van der Waals surface area contributed by atoms with E-state index in [1.165, 1.54) is 12.3 Å². The Morgan fingerprint density at radius 3 is 2.27 bits per heavy atom. The van der Waals surface area contributed by atoms with E-state index in [1.54, 1.807) is 23.1 Å². The van der Waals surface area contributed by atoms with E-state index in [9.17, 15) is 9.18 Å². The SMILES string of the molecule is Cc1ccc(Nc2ncc(C(=O)N(c3ccccc3)C(C)C)c(-c3ccccc3F)n2)cc1. The normalized spacial score (nSPS) is 10.8. The zero-order chi connectivity index (χ0) is 23.4. The van der Waals surface area contributed by atoms with Crippen molar-refractivity contribution >= 4 is 23.2 Å². The van der Waals surface area contributed by atoms with Crippen LogP contribution in [0.5, 0.6) is 0 Å². The maximum absolute atomic E-state index is 14.8. The zero-order valence-corrected chi connectivity index (χ0v) is 18.8. The van der Waals surface area contributed by atoms with Gasteiger partial charge in [0, 0.05) is 29.2 Å². The summed E-state index contributed by atoms with van der Waals surface area (Å²) >= 11 is 0. The van der Waals surface area contributed by atoms with Gasteiger partial charge in [0.1, 0.15) is 5.82 Å². The lowest BCUT2D eigenvalue weighted by atomic mass is 10.0. The van der Waals surface area contributed by atoms with Gasteiger partial charge in [0.15, 0.2) is 0 Å². The maximum atomic E-state index is 14.8. The number of benzene rings is 3. The molecule has 0 radical (unpaired) electrons. The summed E-state index contributed by atoms with van der Waals surface area (Å²) in [6.07, 6.45) is 1.46. The minimum Gasteiger partial charge on any atom is -0.324 e. The van der Waals surface area contributed by atoms with Crippen LogP contribution in [-0.2, 0) is 0 Å². The van der Waals surface area contributed by atoms with Crippen molar-refractivity contribution in [3.05, 3.63) is 102 Å². The first-order valence-electron chi connectivity index (χ1n) is 10.8. The molecule has 0 spiro atoms. The van der Waals surface area contributed by atoms with Crippen molar-refractivity contribution < 1.29 is 9.18 Å². The lowest BCUT2D eigenvalue weighted by Crippen LogP contribution is -2.37. The van der Waals surface area contributed by atoms with Crippen molar-refractivity contribution in [3.8, 4) is 11.3 Å². The molecule has 0 fully saturated rings. The molecule has 6 heteroatoms. The van der Waals surface area contributed by atoms with E-state index >= 15 is 0 Å². The number of hydrogen-bond acceptors (Lipinski definition) is 4. The molecule has 4 aromatic rings. The van der Waals surface area contributed by atoms with Gasteiger partial charge >= 0.3 is 0 Å². The molecule has 0 bridgehead atoms. The predicted octanol–water partition coefficient (Wildman–Crippen LogP) is 6.39. The van der Waals surface area contributed by atoms with Crippen LogP contribution in [0.1, 0.15) is 29.8 Å². The first-order chi connectivity index (χ1) is 15.9. The number of carbonyl (C=O) groups is 1. The van der Waals surface area contributed by atoms with Crippen molar-refractivity contribution in [1.29, 1.82) is 0 Å². The van der Waals surface area contributed by atoms with Gasteiger partial charge in [-0.25, -0.2) is 14.4 Å². The van der Waals surface area contributed by atoms with Crippen molar-refractivity contribution in [2.45, 2.75) is 26.8 Å². The summed E-state index contributed by atoms with van der Waals surface area (Å²) in [6, 6.07) is 23.3. The molecule has 0 unspecified atom stereocenters. The van der Waals surface area contributed by atoms with Crippen molar-refractivity contribution in [2.24, 2.45) is 0 Å². The number of halogens is 1. The maximum Gasteiger partial charge on any atom is 0.262 e. The fourth-order valence-corrected chi connectivity index (χ4v) is 3.59. The van der Waals surface area contributed by atoms with Crippen LogP contribution in [0.2, 0.25) is 0 Å². The van der Waals surface area contributed by atoms with Crippen LogP contribution in [0.4, 0.5) is 21.7 Å². The predicted molar refractivity (Wildman–Crippen MR) is 130 cm³/mol. The van der Waals surface area contributed by atoms with Crippen LogP contribution < -0.4 is 10.2 Å². The minimum absolute atomic E-state index is 0.126. The van der Waals surface area contributed by atoms with E-state index in [1.807, 2.05) is 75.4 Å². The molecule has 1 N–H and O–H groups in total. The molecule has 0 saturated heterocycles. The summed E-state index contributed by atoms with van der Waals surface area (Å²) < 4.78 is 14.8. The van der Waals surface area contributed by atoms with E-state index in [4.69, 9.17) is 0 Å². The van der Waals surface area contributed by atoms with E-state index in [0.29, 0.717) is 0 Å². The second-order valence-corrected chi connectivity index (χ2v) is 8.03. The molecule has 3 aromatic carbocycles. The summed E-state index contributed by atoms with van der Waals surface area (Å²) in [5.41, 5.74) is 3.39. The zero-order valence-electron chi connectivity index (χ0n) is 18.8. The highest BCUT2D eigenvalue weighted by Gasteiger charge is 2.26. The highest BCUT2D eigenvalue weighted by molar-refractivity contribution is 6.09. The summed E-state index contributed by atoms with van der Waals surface area (Å²) in [7, 11) is 0. The van der Waals surface area contributed by atoms with E-state index in [-0.39, 0.29) is 34.7 Å². The number of aryl methyl sites for hydroxylation is 1. The van der Waals surface area contributed by atoms with E-state index < -0.39 is 5.82 Å². The lowest BCUT2D eigenvalue weighted by Gasteiger charge is -2.27. The second kappa shape index (κ2) is 9.61. The lowest BCUT2D eigenvalue weighted by molar-refractivity contribution is 0.0980. The van der Waals surface area contributed by atoms with Gasteiger partial charge in [-0.2, -0.15) is 0 Å². The van der Waals surface area contributed by atoms with Gasteiger partial charge < -0.3 is 10.2 Å². The number of rotatable bonds is 6. The van der Waals surface area contributed by atoms with Crippen molar-refractivity contribution in [1.82, 2.24) is 9.97 Å². The number of carbonyl (C=O) groups excluding carboxylic acids is 1. The monoisotopic (exact) mass is 440 g/mol. The third kappa shape index (κ3) is 4.90. The number of amides is 1. The Morgan fingerprint density at radius 1 is 0.939 bits per heavy atom. The highest BCUT2D eigenvalue weighted by Crippen LogP contribution is 2.29. The van der Waals surface area contributed by atoms with Crippen LogP contribution in [0.15, 0.2) is 85.1 Å². The van der Waals surface area contributed by atoms with Crippen LogP contribution in [-0.4, -0.2) is 21.9 Å². The minimum atomic E-state index is -0.456. The molecular formula is C27H25FN4O. The van der Waals surface area contributed by atoms with E-state index in [2.05, 4.69) is 15.3 Å². The average molecular weight is 441 g/mol. The molecule has 1 amide bonds. The molecule has 166 valence electrons. The van der Waals surface area contributed by atoms with Crippen molar-refractivity contribution in [2.75, 3.05) is 10.2 Å². The molecule has 1 aromatic heterocycles. The summed E-state index contributed by atoms with van der Waals surface area (Å²) in [6.45, 7) is 5.87. The van der Waals surface area contributed by atoms with Gasteiger partial charge in [-0.3, -0.25) is 4.79 Å². The summed E-state index contributed by atoms with van der Waals surface area (Å²) in [4.78, 5) is 24.3. The van der Waals surface area contributed by atoms with Gasteiger partial charge in [-0.15, -0.1) is 0 Å². The molecule has 0 aliphatic rings. The fourth-order valence-electron chi connectivity index (χ4n) is 3.59. The van der Waals surface area contributed by atoms with Crippen LogP contribution in [0.3, 0.4) is 0 Å². The Morgan fingerprint density at radius 2 is 1.61 bits per heavy atom. The number of nitrogens with one attached hydrogen (secondary N) is 1. The average Bonchev–Trinajstić information content (AvgIpc) is 2.81. The van der Waals surface area contributed by atoms with Gasteiger partial charge in [0.2, 0.25) is 5.95 Å². The van der Waals surface area contributed by atoms with E-state index in [0.717, 1.165) is 16.9 Å². The smallest absolute Gasteiger partial charge is 0.262 e. The van der Waals surface area contributed by atoms with Gasteiger partial charge in [0.25, 0.3) is 5.91 Å². The summed E-state index contributed by atoms with van der Waals surface area (Å²) in [5.74, 6) is -0.469. The molecule has 0 saturated carbocycles. The van der Waals surface area contributed by atoms with Gasteiger partial charge in [0.05, 0.1) is 11.3 Å². The Balaban J connectivity index is 1.80. The molecule has 5 nitrogen and oxygen atoms in total. The molecule has 33 heavy (non-hydrogen) atoms. The fraction of sp³-hybridized carbons (Fsp3) is 0.148. The van der Waals surface area contributed by atoms with Crippen LogP contribution >= 0.6 is 0 Å². The third-order valence-electron chi connectivity index (χ3n) is 5.23. The topological polar surface area (TPSA) is 58.1 Å². The van der Waals surface area contributed by atoms with Crippen LogP contribution in [0.25, 0.3) is 11.3 Å². The first kappa shape index (κ1) is 22.1. The van der Waals surface area contributed by atoms with Crippen molar-refractivity contribution in [3.63, 3.8) is 0 Å². The molecule has 4 rings (SSSR count). The Bertz CT molecular complexity index is 1260. The molecule has 0 aliphatic carbocycles. The number of nitrogens with zero attached hydrogens (tertiary/aromatic N) is 3. The Kier molecular flexibility index (Phi) is 6.45.